The highest BCUT2D eigenvalue weighted by molar-refractivity contribution is 5.82. The van der Waals surface area contributed by atoms with E-state index in [1.165, 1.54) is 12.8 Å². The predicted molar refractivity (Wildman–Crippen MR) is 55.6 cm³/mol. The van der Waals surface area contributed by atoms with Gasteiger partial charge in [-0.3, -0.25) is 4.79 Å². The Balaban J connectivity index is 2.51. The van der Waals surface area contributed by atoms with Gasteiger partial charge in [-0.15, -0.1) is 6.58 Å². The summed E-state index contributed by atoms with van der Waals surface area (Å²) in [6.07, 6.45) is 6.89. The summed E-state index contributed by atoms with van der Waals surface area (Å²) in [5, 5.41) is 0. The number of rotatable bonds is 4. The third-order valence-electron chi connectivity index (χ3n) is 3.24. The molecular weight excluding hydrogens is 160 g/mol. The number of carbonyl (C=O) groups is 1. The van der Waals surface area contributed by atoms with Crippen molar-refractivity contribution in [3.8, 4) is 0 Å². The highest BCUT2D eigenvalue weighted by Crippen LogP contribution is 2.43. The molecule has 0 saturated heterocycles. The van der Waals surface area contributed by atoms with Crippen molar-refractivity contribution < 1.29 is 4.79 Å². The Morgan fingerprint density at radius 1 is 1.62 bits per heavy atom. The van der Waals surface area contributed by atoms with Crippen LogP contribution in [-0.4, -0.2) is 5.78 Å². The van der Waals surface area contributed by atoms with Crippen LogP contribution in [0, 0.1) is 11.3 Å². The fraction of sp³-hybridized carbons (Fsp3) is 0.750. The van der Waals surface area contributed by atoms with Crippen LogP contribution in [0.4, 0.5) is 0 Å². The van der Waals surface area contributed by atoms with Gasteiger partial charge in [-0.1, -0.05) is 26.3 Å². The largest absolute Gasteiger partial charge is 0.299 e. The van der Waals surface area contributed by atoms with Gasteiger partial charge in [0, 0.05) is 12.3 Å². The van der Waals surface area contributed by atoms with Crippen molar-refractivity contribution in [3.63, 3.8) is 0 Å². The van der Waals surface area contributed by atoms with E-state index in [0.29, 0.717) is 18.1 Å². The first-order chi connectivity index (χ1) is 6.08. The Kier molecular flexibility index (Phi) is 3.29. The van der Waals surface area contributed by atoms with Crippen LogP contribution in [0.5, 0.6) is 0 Å². The van der Waals surface area contributed by atoms with E-state index in [0.717, 1.165) is 12.8 Å². The molecule has 1 rings (SSSR count). The third-order valence-corrected chi connectivity index (χ3v) is 3.24. The lowest BCUT2D eigenvalue weighted by atomic mass is 9.78. The normalized spacial score (nSPS) is 25.8. The van der Waals surface area contributed by atoms with Crippen molar-refractivity contribution in [2.75, 3.05) is 0 Å². The Labute approximate surface area is 81.2 Å². The van der Waals surface area contributed by atoms with E-state index in [-0.39, 0.29) is 5.41 Å². The number of allylic oxidation sites excluding steroid dienone is 1. The molecule has 1 fully saturated rings. The van der Waals surface area contributed by atoms with Gasteiger partial charge < -0.3 is 0 Å². The van der Waals surface area contributed by atoms with Crippen LogP contribution in [0.1, 0.15) is 46.0 Å². The Bertz CT molecular complexity index is 203. The molecule has 74 valence electrons. The minimum Gasteiger partial charge on any atom is -0.299 e. The van der Waals surface area contributed by atoms with Crippen molar-refractivity contribution >= 4 is 5.78 Å². The lowest BCUT2D eigenvalue weighted by Gasteiger charge is -2.25. The van der Waals surface area contributed by atoms with Crippen molar-refractivity contribution in [1.82, 2.24) is 0 Å². The quantitative estimate of drug-likeness (QED) is 0.606. The maximum absolute atomic E-state index is 11.8. The van der Waals surface area contributed by atoms with Gasteiger partial charge in [0.2, 0.25) is 0 Å². The van der Waals surface area contributed by atoms with E-state index in [4.69, 9.17) is 0 Å². The molecule has 0 amide bonds. The summed E-state index contributed by atoms with van der Waals surface area (Å²) in [4.78, 5) is 11.8. The van der Waals surface area contributed by atoms with Crippen molar-refractivity contribution in [2.45, 2.75) is 46.0 Å². The van der Waals surface area contributed by atoms with Gasteiger partial charge in [-0.2, -0.15) is 0 Å². The zero-order valence-corrected chi connectivity index (χ0v) is 8.81. The number of hydrogen-bond donors (Lipinski definition) is 0. The van der Waals surface area contributed by atoms with Crippen LogP contribution in [0.25, 0.3) is 0 Å². The second-order valence-electron chi connectivity index (χ2n) is 4.73. The minimum atomic E-state index is 0.248. The summed E-state index contributed by atoms with van der Waals surface area (Å²) in [6, 6.07) is 0. The number of hydrogen-bond acceptors (Lipinski definition) is 1. The third kappa shape index (κ3) is 2.43. The summed E-state index contributed by atoms with van der Waals surface area (Å²) in [7, 11) is 0. The van der Waals surface area contributed by atoms with E-state index in [1.54, 1.807) is 0 Å². The minimum absolute atomic E-state index is 0.248. The molecule has 0 radical (unpaired) electrons. The fourth-order valence-electron chi connectivity index (χ4n) is 2.34. The van der Waals surface area contributed by atoms with E-state index >= 15 is 0 Å². The van der Waals surface area contributed by atoms with Gasteiger partial charge in [-0.05, 0) is 24.7 Å². The molecule has 1 heteroatoms. The van der Waals surface area contributed by atoms with Crippen LogP contribution < -0.4 is 0 Å². The first-order valence-electron chi connectivity index (χ1n) is 5.21. The lowest BCUT2D eigenvalue weighted by molar-refractivity contribution is -0.125. The summed E-state index contributed by atoms with van der Waals surface area (Å²) < 4.78 is 0. The molecule has 1 aliphatic carbocycles. The monoisotopic (exact) mass is 180 g/mol. The maximum atomic E-state index is 11.8. The highest BCUT2D eigenvalue weighted by atomic mass is 16.1. The first-order valence-corrected chi connectivity index (χ1v) is 5.21. The number of carbonyl (C=O) groups excluding carboxylic acids is 1. The second-order valence-corrected chi connectivity index (χ2v) is 4.73. The van der Waals surface area contributed by atoms with Crippen molar-refractivity contribution in [3.05, 3.63) is 12.7 Å². The van der Waals surface area contributed by atoms with Gasteiger partial charge in [0.25, 0.3) is 0 Å². The van der Waals surface area contributed by atoms with Crippen molar-refractivity contribution in [2.24, 2.45) is 11.3 Å². The molecular formula is C12H20O. The van der Waals surface area contributed by atoms with Gasteiger partial charge in [-0.25, -0.2) is 0 Å². The summed E-state index contributed by atoms with van der Waals surface area (Å²) >= 11 is 0. The van der Waals surface area contributed by atoms with E-state index in [1.807, 2.05) is 6.08 Å². The van der Waals surface area contributed by atoms with Crippen LogP contribution in [0.2, 0.25) is 0 Å². The molecule has 0 heterocycles. The maximum Gasteiger partial charge on any atom is 0.136 e. The van der Waals surface area contributed by atoms with Crippen LogP contribution in [0.15, 0.2) is 12.7 Å². The second kappa shape index (κ2) is 4.08. The van der Waals surface area contributed by atoms with Crippen LogP contribution in [0.3, 0.4) is 0 Å². The van der Waals surface area contributed by atoms with Crippen LogP contribution in [-0.2, 0) is 4.79 Å². The Hall–Kier alpha value is -0.590. The molecule has 0 aromatic heterocycles. The Morgan fingerprint density at radius 2 is 2.31 bits per heavy atom. The van der Waals surface area contributed by atoms with Crippen LogP contribution >= 0.6 is 0 Å². The molecule has 0 spiro atoms. The predicted octanol–water partition coefficient (Wildman–Crippen LogP) is 3.35. The van der Waals surface area contributed by atoms with Gasteiger partial charge in [0.1, 0.15) is 5.78 Å². The molecule has 1 aliphatic rings. The molecule has 0 N–H and O–H groups in total. The first kappa shape index (κ1) is 10.5. The zero-order chi connectivity index (χ0) is 9.90. The van der Waals surface area contributed by atoms with Crippen molar-refractivity contribution in [1.29, 1.82) is 0 Å². The van der Waals surface area contributed by atoms with Gasteiger partial charge in [0.05, 0.1) is 0 Å². The lowest BCUT2D eigenvalue weighted by Crippen LogP contribution is -2.25. The van der Waals surface area contributed by atoms with Gasteiger partial charge >= 0.3 is 0 Å². The van der Waals surface area contributed by atoms with E-state index in [9.17, 15) is 4.79 Å². The molecule has 1 atom stereocenters. The summed E-state index contributed by atoms with van der Waals surface area (Å²) in [5.41, 5.74) is 0.248. The molecule has 0 aromatic carbocycles. The summed E-state index contributed by atoms with van der Waals surface area (Å²) in [5.74, 6) is 0.759. The average Bonchev–Trinajstić information content (AvgIpc) is 2.41. The topological polar surface area (TPSA) is 17.1 Å². The molecule has 1 saturated carbocycles. The van der Waals surface area contributed by atoms with E-state index < -0.39 is 0 Å². The molecule has 1 unspecified atom stereocenters. The fourth-order valence-corrected chi connectivity index (χ4v) is 2.34. The molecule has 0 aliphatic heterocycles. The number of ketones is 1. The zero-order valence-electron chi connectivity index (χ0n) is 8.81. The standard InChI is InChI=1S/C12H20O/c1-4-5-8-11(13)10-7-6-9-12(10,2)3/h4,10H,1,5-9H2,2-3H3. The Morgan fingerprint density at radius 3 is 2.77 bits per heavy atom. The SMILES string of the molecule is C=CCCC(=O)C1CCCC1(C)C. The molecule has 1 nitrogen and oxygen atoms in total. The molecule has 13 heavy (non-hydrogen) atoms. The van der Waals surface area contributed by atoms with E-state index in [2.05, 4.69) is 20.4 Å². The average molecular weight is 180 g/mol. The van der Waals surface area contributed by atoms with Gasteiger partial charge in [0.15, 0.2) is 0 Å². The number of Topliss-reactive ketones (excluding diaryl/α,β-unsaturated/α-hetero) is 1. The highest BCUT2D eigenvalue weighted by Gasteiger charge is 2.38. The molecule has 0 bridgehead atoms. The summed E-state index contributed by atoms with van der Waals surface area (Å²) in [6.45, 7) is 8.08. The smallest absolute Gasteiger partial charge is 0.136 e. The molecule has 0 aromatic rings.